The van der Waals surface area contributed by atoms with Crippen LogP contribution in [-0.2, 0) is 6.42 Å². The van der Waals surface area contributed by atoms with Crippen molar-refractivity contribution in [1.29, 1.82) is 5.26 Å². The molecule has 0 saturated carbocycles. The van der Waals surface area contributed by atoms with Crippen LogP contribution in [-0.4, -0.2) is 0 Å². The molecule has 0 saturated heterocycles. The van der Waals surface area contributed by atoms with E-state index in [2.05, 4.69) is 6.07 Å². The molecule has 0 atom stereocenters. The highest BCUT2D eigenvalue weighted by Gasteiger charge is 2.17. The summed E-state index contributed by atoms with van der Waals surface area (Å²) in [5, 5.41) is 9.77. The number of rotatable bonds is 2. The third-order valence-electron chi connectivity index (χ3n) is 2.95. The highest BCUT2D eigenvalue weighted by atomic mass is 35.5. The molecular weight excluding hydrogens is 264 g/mol. The van der Waals surface area contributed by atoms with E-state index in [4.69, 9.17) is 22.6 Å². The lowest BCUT2D eigenvalue weighted by atomic mass is 10.0. The number of hydrogen-bond donors (Lipinski definition) is 1. The molecule has 0 fully saturated rings. The lowest BCUT2D eigenvalue weighted by Crippen LogP contribution is -1.92. The highest BCUT2D eigenvalue weighted by molar-refractivity contribution is 7.16. The van der Waals surface area contributed by atoms with Gasteiger partial charge in [-0.2, -0.15) is 5.26 Å². The topological polar surface area (TPSA) is 49.8 Å². The Morgan fingerprint density at radius 3 is 2.78 bits per heavy atom. The van der Waals surface area contributed by atoms with Crippen molar-refractivity contribution in [2.45, 2.75) is 20.3 Å². The van der Waals surface area contributed by atoms with E-state index in [9.17, 15) is 0 Å². The number of hydrogen-bond acceptors (Lipinski definition) is 3. The third kappa shape index (κ3) is 2.10. The molecule has 2 aromatic rings. The first-order chi connectivity index (χ1) is 8.58. The Kier molecular flexibility index (Phi) is 3.60. The van der Waals surface area contributed by atoms with Crippen molar-refractivity contribution in [3.05, 3.63) is 39.2 Å². The summed E-state index contributed by atoms with van der Waals surface area (Å²) in [5.41, 5.74) is 9.87. The largest absolute Gasteiger partial charge is 0.397 e. The fourth-order valence-electron chi connectivity index (χ4n) is 1.97. The number of halogens is 1. The number of benzene rings is 1. The van der Waals surface area contributed by atoms with Gasteiger partial charge in [-0.25, -0.2) is 0 Å². The number of thiophene rings is 1. The normalized spacial score (nSPS) is 10.3. The molecule has 1 aromatic heterocycles. The van der Waals surface area contributed by atoms with Crippen molar-refractivity contribution < 1.29 is 0 Å². The van der Waals surface area contributed by atoms with Crippen molar-refractivity contribution in [2.24, 2.45) is 0 Å². The first-order valence-corrected chi connectivity index (χ1v) is 6.85. The van der Waals surface area contributed by atoms with E-state index in [-0.39, 0.29) is 0 Å². The van der Waals surface area contributed by atoms with E-state index < -0.39 is 0 Å². The van der Waals surface area contributed by atoms with Crippen LogP contribution < -0.4 is 5.73 Å². The summed E-state index contributed by atoms with van der Waals surface area (Å²) in [5.74, 6) is 0. The zero-order valence-corrected chi connectivity index (χ0v) is 11.8. The minimum absolute atomic E-state index is 0.584. The first-order valence-electron chi connectivity index (χ1n) is 5.66. The van der Waals surface area contributed by atoms with Crippen LogP contribution in [0.15, 0.2) is 18.2 Å². The third-order valence-corrected chi connectivity index (χ3v) is 4.37. The summed E-state index contributed by atoms with van der Waals surface area (Å²) < 4.78 is 0. The molecule has 1 aromatic carbocycles. The molecule has 0 radical (unpaired) electrons. The summed E-state index contributed by atoms with van der Waals surface area (Å²) in [7, 11) is 0. The number of aryl methyl sites for hydroxylation is 1. The molecular formula is C14H13ClN2S. The van der Waals surface area contributed by atoms with Crippen LogP contribution in [0.2, 0.25) is 5.02 Å². The van der Waals surface area contributed by atoms with E-state index in [1.165, 1.54) is 11.3 Å². The molecule has 92 valence electrons. The summed E-state index contributed by atoms with van der Waals surface area (Å²) in [6.45, 7) is 4.08. The Morgan fingerprint density at radius 1 is 1.44 bits per heavy atom. The summed E-state index contributed by atoms with van der Waals surface area (Å²) in [6, 6.07) is 7.94. The van der Waals surface area contributed by atoms with Gasteiger partial charge in [0.2, 0.25) is 0 Å². The maximum Gasteiger partial charge on any atom is 0.128 e. The van der Waals surface area contributed by atoms with Crippen LogP contribution in [0.25, 0.3) is 10.4 Å². The zero-order chi connectivity index (χ0) is 13.3. The zero-order valence-electron chi connectivity index (χ0n) is 10.2. The molecule has 2 N–H and O–H groups in total. The predicted octanol–water partition coefficient (Wildman–Crippen LogP) is 4.39. The number of anilines is 1. The quantitative estimate of drug-likeness (QED) is 0.884. The van der Waals surface area contributed by atoms with E-state index in [1.54, 1.807) is 0 Å². The van der Waals surface area contributed by atoms with Gasteiger partial charge in [0, 0.05) is 9.90 Å². The van der Waals surface area contributed by atoms with Crippen LogP contribution in [0.3, 0.4) is 0 Å². The van der Waals surface area contributed by atoms with Gasteiger partial charge in [-0.15, -0.1) is 11.3 Å². The molecule has 0 amide bonds. The Hall–Kier alpha value is -1.50. The Labute approximate surface area is 116 Å². The molecule has 0 bridgehead atoms. The Morgan fingerprint density at radius 2 is 2.17 bits per heavy atom. The number of nitrogens with zero attached hydrogens (tertiary/aromatic N) is 1. The van der Waals surface area contributed by atoms with E-state index in [0.29, 0.717) is 15.6 Å². The maximum atomic E-state index is 9.08. The average Bonchev–Trinajstić information content (AvgIpc) is 2.68. The van der Waals surface area contributed by atoms with Gasteiger partial charge in [0.15, 0.2) is 0 Å². The van der Waals surface area contributed by atoms with Crippen molar-refractivity contribution in [1.82, 2.24) is 0 Å². The van der Waals surface area contributed by atoms with Gasteiger partial charge < -0.3 is 5.73 Å². The maximum absolute atomic E-state index is 9.08. The second-order valence-electron chi connectivity index (χ2n) is 4.08. The van der Waals surface area contributed by atoms with Gasteiger partial charge in [0.25, 0.3) is 0 Å². The number of nitriles is 1. The number of nitrogens with two attached hydrogens (primary N) is 1. The molecule has 0 aliphatic heterocycles. The number of nitrogen functional groups attached to an aromatic ring is 1. The summed E-state index contributed by atoms with van der Waals surface area (Å²) in [4.78, 5) is 1.65. The molecule has 0 unspecified atom stereocenters. The van der Waals surface area contributed by atoms with E-state index in [1.807, 2.05) is 32.0 Å². The van der Waals surface area contributed by atoms with Gasteiger partial charge in [0.05, 0.1) is 5.69 Å². The molecule has 1 heterocycles. The molecule has 0 aliphatic carbocycles. The Bertz CT molecular complexity index is 638. The van der Waals surface area contributed by atoms with Crippen LogP contribution in [0, 0.1) is 18.3 Å². The van der Waals surface area contributed by atoms with Gasteiger partial charge >= 0.3 is 0 Å². The average molecular weight is 277 g/mol. The minimum Gasteiger partial charge on any atom is -0.397 e. The molecule has 0 spiro atoms. The van der Waals surface area contributed by atoms with Gasteiger partial charge in [-0.05, 0) is 42.2 Å². The van der Waals surface area contributed by atoms with E-state index >= 15 is 0 Å². The smallest absolute Gasteiger partial charge is 0.128 e. The molecule has 2 nitrogen and oxygen atoms in total. The molecule has 18 heavy (non-hydrogen) atoms. The lowest BCUT2D eigenvalue weighted by Gasteiger charge is -2.07. The predicted molar refractivity (Wildman–Crippen MR) is 78.0 cm³/mol. The van der Waals surface area contributed by atoms with Crippen LogP contribution >= 0.6 is 22.9 Å². The monoisotopic (exact) mass is 276 g/mol. The summed E-state index contributed by atoms with van der Waals surface area (Å²) in [6.07, 6.45) is 0.811. The molecule has 2 rings (SSSR count). The SMILES string of the molecule is CCc1c(-c2cc(Cl)ccc2C)sc(C#N)c1N. The second kappa shape index (κ2) is 5.01. The fourth-order valence-corrected chi connectivity index (χ4v) is 3.33. The van der Waals surface area contributed by atoms with Crippen LogP contribution in [0.4, 0.5) is 5.69 Å². The minimum atomic E-state index is 0.584. The van der Waals surface area contributed by atoms with Crippen molar-refractivity contribution in [3.63, 3.8) is 0 Å². The van der Waals surface area contributed by atoms with Crippen molar-refractivity contribution >= 4 is 28.6 Å². The van der Waals surface area contributed by atoms with Crippen molar-refractivity contribution in [3.8, 4) is 16.5 Å². The standard InChI is InChI=1S/C14H13ClN2S/c1-3-10-13(17)12(7-16)18-14(10)11-6-9(15)5-4-8(11)2/h4-6H,3,17H2,1-2H3. The first kappa shape index (κ1) is 12.9. The van der Waals surface area contributed by atoms with Crippen molar-refractivity contribution in [2.75, 3.05) is 5.73 Å². The lowest BCUT2D eigenvalue weighted by molar-refractivity contribution is 1.16. The summed E-state index contributed by atoms with van der Waals surface area (Å²) >= 11 is 7.49. The second-order valence-corrected chi connectivity index (χ2v) is 5.53. The molecule has 4 heteroatoms. The molecule has 0 aliphatic rings. The highest BCUT2D eigenvalue weighted by Crippen LogP contribution is 2.40. The van der Waals surface area contributed by atoms with Crippen LogP contribution in [0.5, 0.6) is 0 Å². The van der Waals surface area contributed by atoms with Crippen LogP contribution in [0.1, 0.15) is 22.9 Å². The Balaban J connectivity index is 2.71. The fraction of sp³-hybridized carbons (Fsp3) is 0.214. The van der Waals surface area contributed by atoms with Gasteiger partial charge in [-0.1, -0.05) is 24.6 Å². The van der Waals surface area contributed by atoms with Gasteiger partial charge in [-0.3, -0.25) is 0 Å². The van der Waals surface area contributed by atoms with Gasteiger partial charge in [0.1, 0.15) is 10.9 Å². The van der Waals surface area contributed by atoms with E-state index in [0.717, 1.165) is 28.0 Å².